The first-order chi connectivity index (χ1) is 10.9. The molecular formula is C16H17N5S. The second-order valence-electron chi connectivity index (χ2n) is 5.48. The molecule has 5 nitrogen and oxygen atoms in total. The van der Waals surface area contributed by atoms with Gasteiger partial charge in [-0.3, -0.25) is 4.90 Å². The highest BCUT2D eigenvalue weighted by molar-refractivity contribution is 7.17. The second-order valence-corrected chi connectivity index (χ2v) is 6.42. The average Bonchev–Trinajstić information content (AvgIpc) is 3.05. The van der Waals surface area contributed by atoms with Crippen molar-refractivity contribution in [2.24, 2.45) is 0 Å². The molecule has 1 fully saturated rings. The summed E-state index contributed by atoms with van der Waals surface area (Å²) >= 11 is 1.78. The standard InChI is InChI=1S/C16H17N5S/c1-3-19-16(14-2-8-22-15(1)14)21-6-4-20(5-7-21)11-13-9-17-12-18-10-13/h1-3,8-10,12H,4-7,11H2. The van der Waals surface area contributed by atoms with Crippen LogP contribution in [-0.4, -0.2) is 46.0 Å². The molecule has 3 aromatic heterocycles. The fraction of sp³-hybridized carbons (Fsp3) is 0.312. The van der Waals surface area contributed by atoms with Gasteiger partial charge in [0.05, 0.1) is 0 Å². The predicted molar refractivity (Wildman–Crippen MR) is 89.1 cm³/mol. The molecule has 0 saturated carbocycles. The van der Waals surface area contributed by atoms with E-state index in [0.29, 0.717) is 0 Å². The summed E-state index contributed by atoms with van der Waals surface area (Å²) in [5.41, 5.74) is 1.18. The average molecular weight is 311 g/mol. The molecule has 112 valence electrons. The van der Waals surface area contributed by atoms with Crippen molar-refractivity contribution >= 4 is 27.2 Å². The number of anilines is 1. The molecule has 0 unspecified atom stereocenters. The summed E-state index contributed by atoms with van der Waals surface area (Å²) in [6.45, 7) is 5.02. The Bertz CT molecular complexity index is 749. The summed E-state index contributed by atoms with van der Waals surface area (Å²) in [5, 5.41) is 3.42. The Labute approximate surface area is 133 Å². The maximum Gasteiger partial charge on any atom is 0.137 e. The van der Waals surface area contributed by atoms with Crippen LogP contribution in [0, 0.1) is 0 Å². The predicted octanol–water partition coefficient (Wildman–Crippen LogP) is 2.41. The Morgan fingerprint density at radius 3 is 2.68 bits per heavy atom. The summed E-state index contributed by atoms with van der Waals surface area (Å²) in [5.74, 6) is 1.13. The van der Waals surface area contributed by atoms with Gasteiger partial charge < -0.3 is 4.90 Å². The van der Waals surface area contributed by atoms with Crippen LogP contribution in [0.25, 0.3) is 10.1 Å². The molecule has 1 aliphatic heterocycles. The third-order valence-corrected chi connectivity index (χ3v) is 4.93. The Morgan fingerprint density at radius 2 is 1.86 bits per heavy atom. The maximum atomic E-state index is 4.61. The normalized spacial score (nSPS) is 16.3. The Kier molecular flexibility index (Phi) is 3.70. The lowest BCUT2D eigenvalue weighted by Gasteiger charge is -2.35. The van der Waals surface area contributed by atoms with E-state index in [4.69, 9.17) is 0 Å². The zero-order chi connectivity index (χ0) is 14.8. The van der Waals surface area contributed by atoms with Crippen molar-refractivity contribution in [3.05, 3.63) is 48.0 Å². The molecule has 4 heterocycles. The number of aromatic nitrogens is 3. The largest absolute Gasteiger partial charge is 0.354 e. The maximum absolute atomic E-state index is 4.61. The second kappa shape index (κ2) is 5.98. The molecular weight excluding hydrogens is 294 g/mol. The van der Waals surface area contributed by atoms with Crippen LogP contribution in [0.15, 0.2) is 42.4 Å². The van der Waals surface area contributed by atoms with Crippen LogP contribution in [0.4, 0.5) is 5.82 Å². The summed E-state index contributed by atoms with van der Waals surface area (Å²) in [6.07, 6.45) is 7.29. The van der Waals surface area contributed by atoms with Crippen molar-refractivity contribution in [2.75, 3.05) is 31.1 Å². The number of nitrogens with zero attached hydrogens (tertiary/aromatic N) is 5. The molecule has 1 saturated heterocycles. The highest BCUT2D eigenvalue weighted by atomic mass is 32.1. The van der Waals surface area contributed by atoms with Crippen molar-refractivity contribution in [3.63, 3.8) is 0 Å². The first kappa shape index (κ1) is 13.6. The lowest BCUT2D eigenvalue weighted by molar-refractivity contribution is 0.249. The van der Waals surface area contributed by atoms with Gasteiger partial charge in [-0.1, -0.05) is 0 Å². The van der Waals surface area contributed by atoms with E-state index in [9.17, 15) is 0 Å². The van der Waals surface area contributed by atoms with Gasteiger partial charge in [-0.25, -0.2) is 15.0 Å². The topological polar surface area (TPSA) is 45.2 Å². The highest BCUT2D eigenvalue weighted by Gasteiger charge is 2.19. The number of hydrogen-bond donors (Lipinski definition) is 0. The van der Waals surface area contributed by atoms with Crippen LogP contribution in [0.5, 0.6) is 0 Å². The molecule has 0 radical (unpaired) electrons. The number of thiophene rings is 1. The molecule has 0 bridgehead atoms. The first-order valence-electron chi connectivity index (χ1n) is 7.43. The highest BCUT2D eigenvalue weighted by Crippen LogP contribution is 2.29. The molecule has 0 atom stereocenters. The van der Waals surface area contributed by atoms with E-state index in [1.54, 1.807) is 17.7 Å². The third kappa shape index (κ3) is 2.67. The van der Waals surface area contributed by atoms with Gasteiger partial charge in [0.1, 0.15) is 12.1 Å². The van der Waals surface area contributed by atoms with E-state index < -0.39 is 0 Å². The number of piperazine rings is 1. The molecule has 0 aliphatic carbocycles. The SMILES string of the molecule is c1ncc(CN2CCN(c3nccc4sccc34)CC2)cn1. The fourth-order valence-corrected chi connectivity index (χ4v) is 3.70. The van der Waals surface area contributed by atoms with Gasteiger partial charge in [0.2, 0.25) is 0 Å². The van der Waals surface area contributed by atoms with Crippen molar-refractivity contribution in [3.8, 4) is 0 Å². The molecule has 6 heteroatoms. The van der Waals surface area contributed by atoms with Crippen LogP contribution in [0.3, 0.4) is 0 Å². The van der Waals surface area contributed by atoms with E-state index in [1.807, 2.05) is 18.6 Å². The van der Waals surface area contributed by atoms with Gasteiger partial charge in [-0.15, -0.1) is 11.3 Å². The zero-order valence-electron chi connectivity index (χ0n) is 12.2. The molecule has 0 N–H and O–H groups in total. The van der Waals surface area contributed by atoms with E-state index in [0.717, 1.165) is 38.5 Å². The van der Waals surface area contributed by atoms with Crippen molar-refractivity contribution < 1.29 is 0 Å². The lowest BCUT2D eigenvalue weighted by Crippen LogP contribution is -2.46. The number of rotatable bonds is 3. The zero-order valence-corrected chi connectivity index (χ0v) is 13.0. The van der Waals surface area contributed by atoms with Crippen LogP contribution in [0.1, 0.15) is 5.56 Å². The van der Waals surface area contributed by atoms with E-state index >= 15 is 0 Å². The molecule has 0 spiro atoms. The lowest BCUT2D eigenvalue weighted by atomic mass is 10.2. The minimum absolute atomic E-state index is 0.921. The van der Waals surface area contributed by atoms with Crippen molar-refractivity contribution in [1.82, 2.24) is 19.9 Å². The fourth-order valence-electron chi connectivity index (χ4n) is 2.92. The number of pyridine rings is 1. The summed E-state index contributed by atoms with van der Waals surface area (Å²) in [7, 11) is 0. The van der Waals surface area contributed by atoms with E-state index in [2.05, 4.69) is 42.3 Å². The molecule has 22 heavy (non-hydrogen) atoms. The molecule has 4 rings (SSSR count). The van der Waals surface area contributed by atoms with Gasteiger partial charge in [0.15, 0.2) is 0 Å². The smallest absolute Gasteiger partial charge is 0.137 e. The number of hydrogen-bond acceptors (Lipinski definition) is 6. The molecule has 1 aliphatic rings. The van der Waals surface area contributed by atoms with Crippen LogP contribution in [-0.2, 0) is 6.54 Å². The Balaban J connectivity index is 1.45. The molecule has 0 amide bonds. The summed E-state index contributed by atoms with van der Waals surface area (Å²) in [6, 6.07) is 4.27. The van der Waals surface area contributed by atoms with Crippen molar-refractivity contribution in [2.45, 2.75) is 6.54 Å². The van der Waals surface area contributed by atoms with Crippen molar-refractivity contribution in [1.29, 1.82) is 0 Å². The number of fused-ring (bicyclic) bond motifs is 1. The van der Waals surface area contributed by atoms with Gasteiger partial charge in [0, 0.05) is 67.0 Å². The van der Waals surface area contributed by atoms with E-state index in [1.165, 1.54) is 15.6 Å². The van der Waals surface area contributed by atoms with Gasteiger partial charge in [-0.05, 0) is 17.5 Å². The Hall–Kier alpha value is -2.05. The minimum atomic E-state index is 0.921. The van der Waals surface area contributed by atoms with Gasteiger partial charge in [0.25, 0.3) is 0 Å². The van der Waals surface area contributed by atoms with Gasteiger partial charge in [-0.2, -0.15) is 0 Å². The monoisotopic (exact) mass is 311 g/mol. The van der Waals surface area contributed by atoms with Crippen LogP contribution in [0.2, 0.25) is 0 Å². The summed E-state index contributed by atoms with van der Waals surface area (Å²) < 4.78 is 1.31. The third-order valence-electron chi connectivity index (χ3n) is 4.05. The van der Waals surface area contributed by atoms with Crippen LogP contribution < -0.4 is 4.90 Å². The van der Waals surface area contributed by atoms with E-state index in [-0.39, 0.29) is 0 Å². The molecule has 0 aromatic carbocycles. The Morgan fingerprint density at radius 1 is 1.05 bits per heavy atom. The quantitative estimate of drug-likeness (QED) is 0.743. The van der Waals surface area contributed by atoms with Crippen LogP contribution >= 0.6 is 11.3 Å². The van der Waals surface area contributed by atoms with Gasteiger partial charge >= 0.3 is 0 Å². The minimum Gasteiger partial charge on any atom is -0.354 e. The summed E-state index contributed by atoms with van der Waals surface area (Å²) in [4.78, 5) is 17.6. The first-order valence-corrected chi connectivity index (χ1v) is 8.31. The molecule has 3 aromatic rings.